The van der Waals surface area contributed by atoms with Gasteiger partial charge in [0.2, 0.25) is 0 Å². The Kier molecular flexibility index (Phi) is 5.02. The van der Waals surface area contributed by atoms with Crippen molar-refractivity contribution in [1.29, 1.82) is 0 Å². The average molecular weight is 470 g/mol. The van der Waals surface area contributed by atoms with Crippen LogP contribution in [-0.2, 0) is 0 Å². The summed E-state index contributed by atoms with van der Waals surface area (Å²) >= 11 is 5.97. The lowest BCUT2D eigenvalue weighted by molar-refractivity contribution is -0.395. The maximum atomic E-state index is 11.8. The van der Waals surface area contributed by atoms with Gasteiger partial charge in [-0.25, -0.2) is 4.99 Å². The lowest BCUT2D eigenvalue weighted by Gasteiger charge is -2.03. The molecule has 1 aliphatic carbocycles. The molecule has 14 heteroatoms. The minimum absolute atomic E-state index is 0.138. The van der Waals surface area contributed by atoms with Crippen LogP contribution in [0, 0.1) is 40.5 Å². The topological polar surface area (TPSA) is 185 Å². The first-order valence-electron chi connectivity index (χ1n) is 8.87. The first kappa shape index (κ1) is 21.5. The van der Waals surface area contributed by atoms with E-state index in [4.69, 9.17) is 11.6 Å². The van der Waals surface area contributed by atoms with Gasteiger partial charge in [0, 0.05) is 28.3 Å². The lowest BCUT2D eigenvalue weighted by atomic mass is 10.0. The molecule has 0 saturated heterocycles. The Morgan fingerprint density at radius 1 is 0.667 bits per heavy atom. The van der Waals surface area contributed by atoms with Crippen LogP contribution in [0.25, 0.3) is 11.1 Å². The summed E-state index contributed by atoms with van der Waals surface area (Å²) in [6.07, 6.45) is 0. The monoisotopic (exact) mass is 469 g/mol. The van der Waals surface area contributed by atoms with Crippen molar-refractivity contribution in [2.75, 3.05) is 0 Å². The van der Waals surface area contributed by atoms with Crippen molar-refractivity contribution < 1.29 is 19.7 Å². The van der Waals surface area contributed by atoms with E-state index in [-0.39, 0.29) is 38.7 Å². The highest BCUT2D eigenvalue weighted by Gasteiger charge is 2.41. The molecule has 0 saturated carbocycles. The van der Waals surface area contributed by atoms with E-state index in [1.54, 1.807) is 12.1 Å². The number of rotatable bonds is 5. The summed E-state index contributed by atoms with van der Waals surface area (Å²) < 4.78 is 0. The summed E-state index contributed by atoms with van der Waals surface area (Å²) in [4.78, 5) is 47.1. The van der Waals surface area contributed by atoms with Crippen LogP contribution in [0.15, 0.2) is 53.5 Å². The Morgan fingerprint density at radius 2 is 1.15 bits per heavy atom. The highest BCUT2D eigenvalue weighted by atomic mass is 35.5. The molecule has 0 fully saturated rings. The van der Waals surface area contributed by atoms with Crippen LogP contribution in [0.3, 0.4) is 0 Å². The second-order valence-corrected chi connectivity index (χ2v) is 7.18. The molecule has 0 amide bonds. The van der Waals surface area contributed by atoms with E-state index >= 15 is 0 Å². The Hall–Kier alpha value is -4.78. The molecule has 3 aromatic rings. The Bertz CT molecular complexity index is 1370. The molecule has 0 radical (unpaired) electrons. The largest absolute Gasteiger partial charge is 0.285 e. The second-order valence-electron chi connectivity index (χ2n) is 6.74. The van der Waals surface area contributed by atoms with E-state index in [1.165, 1.54) is 12.1 Å². The summed E-state index contributed by atoms with van der Waals surface area (Å²) in [5.74, 6) is 0. The second kappa shape index (κ2) is 7.72. The SMILES string of the molecule is O=[N+]([O-])c1cc2c(c([N+](=O)[O-])c1)-c1c(cc([N+](=O)[O-])cc1[N+](=O)[O-])C2=Nc1cccc(Cl)c1. The smallest absolute Gasteiger partial charge is 0.258 e. The van der Waals surface area contributed by atoms with Gasteiger partial charge < -0.3 is 0 Å². The third-order valence-electron chi connectivity index (χ3n) is 4.83. The Labute approximate surface area is 187 Å². The fourth-order valence-electron chi connectivity index (χ4n) is 3.56. The molecule has 0 heterocycles. The van der Waals surface area contributed by atoms with Crippen molar-refractivity contribution in [2.24, 2.45) is 4.99 Å². The summed E-state index contributed by atoms with van der Waals surface area (Å²) in [6, 6.07) is 9.35. The fraction of sp³-hybridized carbons (Fsp3) is 0. The van der Waals surface area contributed by atoms with Gasteiger partial charge in [-0.2, -0.15) is 0 Å². The molecule has 33 heavy (non-hydrogen) atoms. The van der Waals surface area contributed by atoms with E-state index in [9.17, 15) is 40.5 Å². The molecule has 0 aliphatic heterocycles. The van der Waals surface area contributed by atoms with Crippen LogP contribution in [0.5, 0.6) is 0 Å². The highest BCUT2D eigenvalue weighted by Crippen LogP contribution is 2.50. The average Bonchev–Trinajstić information content (AvgIpc) is 3.05. The van der Waals surface area contributed by atoms with Gasteiger partial charge in [-0.05, 0) is 18.2 Å². The highest BCUT2D eigenvalue weighted by molar-refractivity contribution is 6.31. The molecule has 0 N–H and O–H groups in total. The summed E-state index contributed by atoms with van der Waals surface area (Å²) in [5.41, 5.74) is -3.62. The number of fused-ring (bicyclic) bond motifs is 3. The zero-order valence-corrected chi connectivity index (χ0v) is 16.8. The van der Waals surface area contributed by atoms with E-state index in [1.807, 2.05) is 0 Å². The van der Waals surface area contributed by atoms with Crippen molar-refractivity contribution in [1.82, 2.24) is 0 Å². The Morgan fingerprint density at radius 3 is 1.55 bits per heavy atom. The number of benzene rings is 3. The first-order chi connectivity index (χ1) is 15.6. The number of non-ortho nitro benzene ring substituents is 2. The quantitative estimate of drug-likeness (QED) is 0.284. The lowest BCUT2D eigenvalue weighted by Crippen LogP contribution is -2.02. The van der Waals surface area contributed by atoms with Crippen molar-refractivity contribution >= 4 is 45.7 Å². The van der Waals surface area contributed by atoms with Gasteiger partial charge in [0.15, 0.2) is 0 Å². The molecular formula is C19H8ClN5O8. The first-order valence-corrected chi connectivity index (χ1v) is 9.25. The van der Waals surface area contributed by atoms with Gasteiger partial charge in [0.05, 0.1) is 54.4 Å². The number of nitro groups is 4. The molecule has 0 unspecified atom stereocenters. The van der Waals surface area contributed by atoms with Crippen LogP contribution in [0.1, 0.15) is 11.1 Å². The van der Waals surface area contributed by atoms with Crippen LogP contribution >= 0.6 is 11.6 Å². The summed E-state index contributed by atoms with van der Waals surface area (Å²) in [7, 11) is 0. The zero-order chi connectivity index (χ0) is 24.0. The van der Waals surface area contributed by atoms with Crippen molar-refractivity contribution in [3.05, 3.63) is 105 Å². The van der Waals surface area contributed by atoms with Gasteiger partial charge in [-0.1, -0.05) is 17.7 Å². The summed E-state index contributed by atoms with van der Waals surface area (Å²) in [6.45, 7) is 0. The van der Waals surface area contributed by atoms with Crippen LogP contribution in [-0.4, -0.2) is 25.4 Å². The van der Waals surface area contributed by atoms with Crippen molar-refractivity contribution in [2.45, 2.75) is 0 Å². The number of halogens is 1. The third kappa shape index (κ3) is 3.61. The molecule has 13 nitrogen and oxygen atoms in total. The van der Waals surface area contributed by atoms with Gasteiger partial charge in [-0.15, -0.1) is 0 Å². The van der Waals surface area contributed by atoms with Crippen LogP contribution < -0.4 is 0 Å². The van der Waals surface area contributed by atoms with Gasteiger partial charge in [-0.3, -0.25) is 40.5 Å². The number of aliphatic imine (C=N–C) groups is 1. The number of hydrogen-bond donors (Lipinski definition) is 0. The fourth-order valence-corrected chi connectivity index (χ4v) is 3.75. The molecule has 3 aromatic carbocycles. The van der Waals surface area contributed by atoms with Crippen molar-refractivity contribution in [3.8, 4) is 11.1 Å². The predicted molar refractivity (Wildman–Crippen MR) is 115 cm³/mol. The number of nitrogens with zero attached hydrogens (tertiary/aromatic N) is 5. The van der Waals surface area contributed by atoms with E-state index in [0.717, 1.165) is 12.1 Å². The molecule has 164 valence electrons. The summed E-state index contributed by atoms with van der Waals surface area (Å²) in [5, 5.41) is 46.6. The molecular weight excluding hydrogens is 462 g/mol. The normalized spacial score (nSPS) is 11.5. The van der Waals surface area contributed by atoms with Gasteiger partial charge in [0.25, 0.3) is 22.7 Å². The number of nitro benzene ring substituents is 4. The maximum absolute atomic E-state index is 11.8. The minimum Gasteiger partial charge on any atom is -0.258 e. The van der Waals surface area contributed by atoms with Gasteiger partial charge >= 0.3 is 0 Å². The van der Waals surface area contributed by atoms with Crippen molar-refractivity contribution in [3.63, 3.8) is 0 Å². The van der Waals surface area contributed by atoms with Crippen LogP contribution in [0.2, 0.25) is 5.02 Å². The van der Waals surface area contributed by atoms with Gasteiger partial charge in [0.1, 0.15) is 0 Å². The molecule has 0 spiro atoms. The molecule has 0 aromatic heterocycles. The molecule has 0 atom stereocenters. The molecule has 1 aliphatic rings. The van der Waals surface area contributed by atoms with Crippen LogP contribution in [0.4, 0.5) is 28.4 Å². The maximum Gasteiger partial charge on any atom is 0.285 e. The molecule has 0 bridgehead atoms. The van der Waals surface area contributed by atoms with E-state index in [2.05, 4.69) is 4.99 Å². The minimum atomic E-state index is -0.914. The van der Waals surface area contributed by atoms with E-state index < -0.39 is 42.4 Å². The molecule has 4 rings (SSSR count). The zero-order valence-electron chi connectivity index (χ0n) is 16.0. The Balaban J connectivity index is 2.19. The predicted octanol–water partition coefficient (Wildman–Crippen LogP) is 5.12. The van der Waals surface area contributed by atoms with E-state index in [0.29, 0.717) is 12.1 Å². The standard InChI is InChI=1S/C19H8ClN5O8/c20-9-2-1-3-10(4-9)21-19-13-5-11(22(26)27)7-15(24(30)31)17(13)18-14(19)6-12(23(28)29)8-16(18)25(32)33/h1-8H. The number of hydrogen-bond acceptors (Lipinski definition) is 9. The third-order valence-corrected chi connectivity index (χ3v) is 5.06.